The zero-order valence-electron chi connectivity index (χ0n) is 16.3. The lowest BCUT2D eigenvalue weighted by atomic mass is 9.53. The van der Waals surface area contributed by atoms with E-state index in [1.807, 2.05) is 26.2 Å². The van der Waals surface area contributed by atoms with Crippen LogP contribution in [-0.4, -0.2) is 46.1 Å². The van der Waals surface area contributed by atoms with E-state index in [9.17, 15) is 14.7 Å². The standard InChI is InChI=1S/C19H30N4O3S/c1-12(14-9-15(16(24)25)19(14,2)3)20-17(26)22-18-21-13(11-27-18)10-23-7-5-4-6-8-23/h11-12,14-15H,4-10H2,1-3H3,(H,24,25)(H2,20,21,22,26)/t12?,14-,15+/m0/s1. The van der Waals surface area contributed by atoms with Crippen molar-refractivity contribution in [2.45, 2.75) is 59.0 Å². The number of likely N-dealkylation sites (tertiary alicyclic amines) is 1. The minimum Gasteiger partial charge on any atom is -0.481 e. The Morgan fingerprint density at radius 2 is 2.07 bits per heavy atom. The second kappa shape index (κ2) is 8.14. The molecule has 1 aliphatic heterocycles. The maximum Gasteiger partial charge on any atom is 0.321 e. The summed E-state index contributed by atoms with van der Waals surface area (Å²) in [6.07, 6.45) is 4.40. The highest BCUT2D eigenvalue weighted by atomic mass is 32.1. The zero-order chi connectivity index (χ0) is 19.6. The van der Waals surface area contributed by atoms with Gasteiger partial charge in [0.15, 0.2) is 5.13 Å². The van der Waals surface area contributed by atoms with E-state index >= 15 is 0 Å². The number of carboxylic acids is 1. The minimum absolute atomic E-state index is 0.0941. The number of nitrogens with one attached hydrogen (secondary N) is 2. The quantitative estimate of drug-likeness (QED) is 0.687. The van der Waals surface area contributed by atoms with Crippen LogP contribution >= 0.6 is 11.3 Å². The Labute approximate surface area is 164 Å². The second-order valence-electron chi connectivity index (χ2n) is 8.42. The number of carbonyl (C=O) groups excluding carboxylic acids is 1. The van der Waals surface area contributed by atoms with Crippen LogP contribution in [0.2, 0.25) is 0 Å². The maximum atomic E-state index is 12.3. The number of nitrogens with zero attached hydrogens (tertiary/aromatic N) is 2. The van der Waals surface area contributed by atoms with Crippen molar-refractivity contribution in [2.75, 3.05) is 18.4 Å². The van der Waals surface area contributed by atoms with Gasteiger partial charge in [-0.15, -0.1) is 11.3 Å². The molecule has 3 N–H and O–H groups in total. The monoisotopic (exact) mass is 394 g/mol. The molecule has 2 aliphatic rings. The first kappa shape index (κ1) is 20.1. The van der Waals surface area contributed by atoms with E-state index in [0.29, 0.717) is 11.6 Å². The fourth-order valence-corrected chi connectivity index (χ4v) is 5.15. The minimum atomic E-state index is -0.753. The van der Waals surface area contributed by atoms with Crippen LogP contribution in [0, 0.1) is 17.3 Å². The van der Waals surface area contributed by atoms with Crippen LogP contribution in [0.1, 0.15) is 52.1 Å². The summed E-state index contributed by atoms with van der Waals surface area (Å²) in [5.74, 6) is -0.946. The topological polar surface area (TPSA) is 94.6 Å². The molecule has 3 rings (SSSR count). The van der Waals surface area contributed by atoms with E-state index in [1.54, 1.807) is 0 Å². The number of thiazole rings is 1. The molecule has 1 aromatic rings. The van der Waals surface area contributed by atoms with Crippen molar-refractivity contribution >= 4 is 28.5 Å². The van der Waals surface area contributed by atoms with Crippen molar-refractivity contribution in [2.24, 2.45) is 17.3 Å². The number of aliphatic carboxylic acids is 1. The van der Waals surface area contributed by atoms with Gasteiger partial charge in [-0.25, -0.2) is 9.78 Å². The van der Waals surface area contributed by atoms with Gasteiger partial charge in [-0.05, 0) is 50.6 Å². The molecule has 0 radical (unpaired) electrons. The second-order valence-corrected chi connectivity index (χ2v) is 9.28. The molecule has 1 aromatic heterocycles. The van der Waals surface area contributed by atoms with E-state index in [0.717, 1.165) is 25.3 Å². The van der Waals surface area contributed by atoms with Crippen molar-refractivity contribution in [1.29, 1.82) is 0 Å². The predicted molar refractivity (Wildman–Crippen MR) is 106 cm³/mol. The molecule has 1 aliphatic carbocycles. The molecule has 2 fully saturated rings. The third-order valence-electron chi connectivity index (χ3n) is 6.21. The summed E-state index contributed by atoms with van der Waals surface area (Å²) in [4.78, 5) is 30.5. The van der Waals surface area contributed by atoms with Gasteiger partial charge >= 0.3 is 12.0 Å². The Kier molecular flexibility index (Phi) is 6.05. The lowest BCUT2D eigenvalue weighted by Crippen LogP contribution is -2.57. The first-order chi connectivity index (χ1) is 12.8. The number of carboxylic acid groups (broad SMARTS) is 1. The van der Waals surface area contributed by atoms with Gasteiger partial charge in [0.05, 0.1) is 11.6 Å². The van der Waals surface area contributed by atoms with Gasteiger partial charge in [0.25, 0.3) is 0 Å². The van der Waals surface area contributed by atoms with Crippen LogP contribution in [0.25, 0.3) is 0 Å². The fourth-order valence-electron chi connectivity index (χ4n) is 4.45. The van der Waals surface area contributed by atoms with Gasteiger partial charge in [0.1, 0.15) is 0 Å². The van der Waals surface area contributed by atoms with Crippen molar-refractivity contribution in [3.63, 3.8) is 0 Å². The van der Waals surface area contributed by atoms with Gasteiger partial charge < -0.3 is 10.4 Å². The largest absolute Gasteiger partial charge is 0.481 e. The highest BCUT2D eigenvalue weighted by Gasteiger charge is 2.53. The molecule has 2 amide bonds. The highest BCUT2D eigenvalue weighted by molar-refractivity contribution is 7.13. The van der Waals surface area contributed by atoms with Crippen molar-refractivity contribution in [1.82, 2.24) is 15.2 Å². The number of amides is 2. The molecule has 0 spiro atoms. The molecule has 3 atom stereocenters. The summed E-state index contributed by atoms with van der Waals surface area (Å²) in [7, 11) is 0. The van der Waals surface area contributed by atoms with Crippen molar-refractivity contribution in [3.8, 4) is 0 Å². The molecule has 2 heterocycles. The number of hydrogen-bond acceptors (Lipinski definition) is 5. The Morgan fingerprint density at radius 3 is 2.70 bits per heavy atom. The molecule has 1 saturated carbocycles. The summed E-state index contributed by atoms with van der Waals surface area (Å²) >= 11 is 1.44. The number of aromatic nitrogens is 1. The Balaban J connectivity index is 1.47. The number of anilines is 1. The molecule has 1 unspecified atom stereocenters. The average Bonchev–Trinajstić information content (AvgIpc) is 3.01. The smallest absolute Gasteiger partial charge is 0.321 e. The Hall–Kier alpha value is -1.67. The Bertz CT molecular complexity index is 684. The Morgan fingerprint density at radius 1 is 1.37 bits per heavy atom. The predicted octanol–water partition coefficient (Wildman–Crippen LogP) is 3.39. The SMILES string of the molecule is CC(NC(=O)Nc1nc(CN2CCCCC2)cs1)[C@@H]1C[C@H](C(=O)O)C1(C)C. The molecule has 1 saturated heterocycles. The van der Waals surface area contributed by atoms with E-state index in [2.05, 4.69) is 20.5 Å². The van der Waals surface area contributed by atoms with Crippen LogP contribution in [-0.2, 0) is 11.3 Å². The molecular weight excluding hydrogens is 364 g/mol. The molecule has 27 heavy (non-hydrogen) atoms. The van der Waals surface area contributed by atoms with E-state index in [-0.39, 0.29) is 29.3 Å². The first-order valence-electron chi connectivity index (χ1n) is 9.74. The van der Waals surface area contributed by atoms with Gasteiger partial charge in [0.2, 0.25) is 0 Å². The highest BCUT2D eigenvalue weighted by Crippen LogP contribution is 2.52. The first-order valence-corrected chi connectivity index (χ1v) is 10.6. The lowest BCUT2D eigenvalue weighted by Gasteiger charge is -2.52. The number of hydrogen-bond donors (Lipinski definition) is 3. The number of carbonyl (C=O) groups is 2. The van der Waals surface area contributed by atoms with Crippen LogP contribution in [0.5, 0.6) is 0 Å². The maximum absolute atomic E-state index is 12.3. The average molecular weight is 395 g/mol. The van der Waals surface area contributed by atoms with Crippen LogP contribution in [0.4, 0.5) is 9.93 Å². The molecule has 8 heteroatoms. The van der Waals surface area contributed by atoms with Crippen LogP contribution < -0.4 is 10.6 Å². The summed E-state index contributed by atoms with van der Waals surface area (Å²) in [6.45, 7) is 8.93. The molecule has 0 aromatic carbocycles. The van der Waals surface area contributed by atoms with Gasteiger partial charge in [-0.1, -0.05) is 20.3 Å². The summed E-state index contributed by atoms with van der Waals surface area (Å²) in [6, 6.07) is -0.376. The molecular formula is C19H30N4O3S. The third-order valence-corrected chi connectivity index (χ3v) is 7.02. The van der Waals surface area contributed by atoms with E-state index < -0.39 is 5.97 Å². The lowest BCUT2D eigenvalue weighted by molar-refractivity contribution is -0.160. The van der Waals surface area contributed by atoms with Gasteiger partial charge in [0, 0.05) is 18.0 Å². The van der Waals surface area contributed by atoms with Gasteiger partial charge in [-0.3, -0.25) is 15.0 Å². The number of rotatable bonds is 6. The third kappa shape index (κ3) is 4.60. The van der Waals surface area contributed by atoms with Crippen LogP contribution in [0.3, 0.4) is 0 Å². The summed E-state index contributed by atoms with van der Waals surface area (Å²) in [5.41, 5.74) is 0.677. The van der Waals surface area contributed by atoms with Crippen molar-refractivity contribution < 1.29 is 14.7 Å². The van der Waals surface area contributed by atoms with E-state index in [1.165, 1.54) is 30.6 Å². The zero-order valence-corrected chi connectivity index (χ0v) is 17.1. The molecule has 150 valence electrons. The summed E-state index contributed by atoms with van der Waals surface area (Å²) < 4.78 is 0. The normalized spacial score (nSPS) is 26.0. The van der Waals surface area contributed by atoms with E-state index in [4.69, 9.17) is 0 Å². The number of urea groups is 1. The van der Waals surface area contributed by atoms with Crippen LogP contribution in [0.15, 0.2) is 5.38 Å². The van der Waals surface area contributed by atoms with Gasteiger partial charge in [-0.2, -0.15) is 0 Å². The molecule has 7 nitrogen and oxygen atoms in total. The van der Waals surface area contributed by atoms with Crippen molar-refractivity contribution in [3.05, 3.63) is 11.1 Å². The summed E-state index contributed by atoms with van der Waals surface area (Å²) in [5, 5.41) is 17.6. The molecule has 0 bridgehead atoms. The fraction of sp³-hybridized carbons (Fsp3) is 0.737. The number of piperidine rings is 1.